The number of benzene rings is 3. The van der Waals surface area contributed by atoms with Gasteiger partial charge in [-0.15, -0.1) is 0 Å². The van der Waals surface area contributed by atoms with Crippen LogP contribution in [0.2, 0.25) is 0 Å². The average molecular weight is 373 g/mol. The summed E-state index contributed by atoms with van der Waals surface area (Å²) >= 11 is 0. The van der Waals surface area contributed by atoms with E-state index in [1.165, 1.54) is 0 Å². The molecule has 0 fully saturated rings. The zero-order valence-electron chi connectivity index (χ0n) is 16.0. The summed E-state index contributed by atoms with van der Waals surface area (Å²) in [4.78, 5) is 24.3. The number of aryl methyl sites for hydroxylation is 2. The van der Waals surface area contributed by atoms with Crippen molar-refractivity contribution in [2.45, 2.75) is 26.3 Å². The molecule has 3 rings (SSSR count). The summed E-state index contributed by atoms with van der Waals surface area (Å²) < 4.78 is 0. The summed E-state index contributed by atoms with van der Waals surface area (Å²) in [5.41, 5.74) is 5.50. The standard InChI is InChI=1S/C24H23NO3/c1-16-7-6-8-17(2)21(16)15-22(24(27)28)25-23(26)20-13-11-19(12-14-20)18-9-4-3-5-10-18/h3-14,22H,15H2,1-2H3,(H,25,26)(H,27,28)/t22-/m1/s1. The van der Waals surface area contributed by atoms with Crippen LogP contribution in [0, 0.1) is 13.8 Å². The van der Waals surface area contributed by atoms with Crippen molar-refractivity contribution in [2.24, 2.45) is 0 Å². The van der Waals surface area contributed by atoms with Gasteiger partial charge in [-0.2, -0.15) is 0 Å². The maximum absolute atomic E-state index is 12.6. The first-order chi connectivity index (χ1) is 13.5. The zero-order chi connectivity index (χ0) is 20.1. The van der Waals surface area contributed by atoms with Crippen molar-refractivity contribution in [2.75, 3.05) is 0 Å². The third-order valence-electron chi connectivity index (χ3n) is 4.91. The topological polar surface area (TPSA) is 66.4 Å². The second-order valence-corrected chi connectivity index (χ2v) is 6.88. The highest BCUT2D eigenvalue weighted by molar-refractivity contribution is 5.97. The summed E-state index contributed by atoms with van der Waals surface area (Å²) in [7, 11) is 0. The number of carbonyl (C=O) groups excluding carboxylic acids is 1. The largest absolute Gasteiger partial charge is 0.480 e. The van der Waals surface area contributed by atoms with Gasteiger partial charge >= 0.3 is 5.97 Å². The molecule has 0 heterocycles. The summed E-state index contributed by atoms with van der Waals surface area (Å²) in [6.45, 7) is 3.90. The lowest BCUT2D eigenvalue weighted by molar-refractivity contribution is -0.139. The third-order valence-corrected chi connectivity index (χ3v) is 4.91. The number of nitrogens with one attached hydrogen (secondary N) is 1. The van der Waals surface area contributed by atoms with E-state index in [1.54, 1.807) is 12.1 Å². The van der Waals surface area contributed by atoms with Crippen LogP contribution in [0.15, 0.2) is 72.8 Å². The molecule has 4 heteroatoms. The first kappa shape index (κ1) is 19.4. The molecule has 3 aromatic carbocycles. The Morgan fingerprint density at radius 1 is 0.821 bits per heavy atom. The summed E-state index contributed by atoms with van der Waals surface area (Å²) in [6, 6.07) is 21.9. The molecule has 2 N–H and O–H groups in total. The molecule has 0 aliphatic carbocycles. The van der Waals surface area contributed by atoms with Gasteiger partial charge in [0.1, 0.15) is 6.04 Å². The van der Waals surface area contributed by atoms with Crippen LogP contribution < -0.4 is 5.32 Å². The van der Waals surface area contributed by atoms with Gasteiger partial charge in [-0.05, 0) is 53.8 Å². The normalized spacial score (nSPS) is 11.6. The van der Waals surface area contributed by atoms with E-state index in [4.69, 9.17) is 0 Å². The Bertz CT molecular complexity index is 958. The molecule has 0 bridgehead atoms. The van der Waals surface area contributed by atoms with Gasteiger partial charge in [0.15, 0.2) is 0 Å². The molecule has 0 aliphatic rings. The fraction of sp³-hybridized carbons (Fsp3) is 0.167. The first-order valence-electron chi connectivity index (χ1n) is 9.20. The number of aliphatic carboxylic acids is 1. The Balaban J connectivity index is 1.75. The Morgan fingerprint density at radius 3 is 1.96 bits per heavy atom. The van der Waals surface area contributed by atoms with Gasteiger partial charge in [0.05, 0.1) is 0 Å². The summed E-state index contributed by atoms with van der Waals surface area (Å²) in [5, 5.41) is 12.2. The van der Waals surface area contributed by atoms with Crippen LogP contribution in [-0.4, -0.2) is 23.0 Å². The fourth-order valence-electron chi connectivity index (χ4n) is 3.26. The number of hydrogen-bond acceptors (Lipinski definition) is 2. The van der Waals surface area contributed by atoms with Crippen molar-refractivity contribution >= 4 is 11.9 Å². The number of carboxylic acid groups (broad SMARTS) is 1. The van der Waals surface area contributed by atoms with Gasteiger partial charge in [-0.3, -0.25) is 4.79 Å². The molecule has 142 valence electrons. The van der Waals surface area contributed by atoms with E-state index in [-0.39, 0.29) is 6.42 Å². The minimum atomic E-state index is -1.04. The molecular formula is C24H23NO3. The van der Waals surface area contributed by atoms with Gasteiger partial charge in [0.25, 0.3) is 5.91 Å². The molecule has 4 nitrogen and oxygen atoms in total. The molecule has 1 atom stereocenters. The Kier molecular flexibility index (Phi) is 5.90. The van der Waals surface area contributed by atoms with E-state index in [1.807, 2.05) is 74.5 Å². The van der Waals surface area contributed by atoms with Crippen LogP contribution in [0.25, 0.3) is 11.1 Å². The highest BCUT2D eigenvalue weighted by Gasteiger charge is 2.22. The van der Waals surface area contributed by atoms with Gasteiger partial charge in [0.2, 0.25) is 0 Å². The molecule has 0 aliphatic heterocycles. The molecule has 0 unspecified atom stereocenters. The maximum Gasteiger partial charge on any atom is 0.326 e. The van der Waals surface area contributed by atoms with Gasteiger partial charge in [0, 0.05) is 12.0 Å². The quantitative estimate of drug-likeness (QED) is 0.673. The van der Waals surface area contributed by atoms with Gasteiger partial charge in [-0.25, -0.2) is 4.79 Å². The fourth-order valence-corrected chi connectivity index (χ4v) is 3.26. The van der Waals surface area contributed by atoms with E-state index in [0.29, 0.717) is 5.56 Å². The Labute approximate surface area is 164 Å². The molecule has 1 amide bonds. The van der Waals surface area contributed by atoms with Crippen LogP contribution in [0.1, 0.15) is 27.0 Å². The molecular weight excluding hydrogens is 350 g/mol. The molecule has 28 heavy (non-hydrogen) atoms. The molecule has 0 radical (unpaired) electrons. The molecule has 3 aromatic rings. The predicted molar refractivity (Wildman–Crippen MR) is 110 cm³/mol. The lowest BCUT2D eigenvalue weighted by Crippen LogP contribution is -2.42. The van der Waals surface area contributed by atoms with Crippen LogP contribution in [0.5, 0.6) is 0 Å². The number of amides is 1. The third kappa shape index (κ3) is 4.46. The molecule has 0 saturated heterocycles. The van der Waals surface area contributed by atoms with Gasteiger partial charge < -0.3 is 10.4 Å². The number of carboxylic acids is 1. The van der Waals surface area contributed by atoms with Crippen molar-refractivity contribution in [1.29, 1.82) is 0 Å². The monoisotopic (exact) mass is 373 g/mol. The number of hydrogen-bond donors (Lipinski definition) is 2. The van der Waals surface area contributed by atoms with Crippen molar-refractivity contribution < 1.29 is 14.7 Å². The van der Waals surface area contributed by atoms with Crippen molar-refractivity contribution in [3.05, 3.63) is 95.1 Å². The highest BCUT2D eigenvalue weighted by Crippen LogP contribution is 2.20. The van der Waals surface area contributed by atoms with Crippen molar-refractivity contribution in [3.8, 4) is 11.1 Å². The minimum Gasteiger partial charge on any atom is -0.480 e. The summed E-state index contributed by atoms with van der Waals surface area (Å²) in [6.07, 6.45) is 0.252. The molecule has 0 spiro atoms. The van der Waals surface area contributed by atoms with E-state index in [0.717, 1.165) is 27.8 Å². The lowest BCUT2D eigenvalue weighted by atomic mass is 9.96. The average Bonchev–Trinajstić information content (AvgIpc) is 2.70. The van der Waals surface area contributed by atoms with E-state index < -0.39 is 17.9 Å². The number of carbonyl (C=O) groups is 2. The predicted octanol–water partition coefficient (Wildman–Crippen LogP) is 4.40. The zero-order valence-corrected chi connectivity index (χ0v) is 16.0. The van der Waals surface area contributed by atoms with E-state index in [9.17, 15) is 14.7 Å². The van der Waals surface area contributed by atoms with E-state index in [2.05, 4.69) is 5.32 Å². The highest BCUT2D eigenvalue weighted by atomic mass is 16.4. The minimum absolute atomic E-state index is 0.252. The van der Waals surface area contributed by atoms with E-state index >= 15 is 0 Å². The Morgan fingerprint density at radius 2 is 1.39 bits per heavy atom. The molecule has 0 aromatic heterocycles. The Hall–Kier alpha value is -3.40. The van der Waals surface area contributed by atoms with Crippen LogP contribution in [-0.2, 0) is 11.2 Å². The maximum atomic E-state index is 12.6. The second kappa shape index (κ2) is 8.53. The lowest BCUT2D eigenvalue weighted by Gasteiger charge is -2.17. The van der Waals surface area contributed by atoms with Crippen LogP contribution in [0.4, 0.5) is 0 Å². The summed E-state index contributed by atoms with van der Waals surface area (Å²) in [5.74, 6) is -1.44. The number of rotatable bonds is 6. The van der Waals surface area contributed by atoms with Gasteiger partial charge in [-0.1, -0.05) is 60.7 Å². The SMILES string of the molecule is Cc1cccc(C)c1C[C@@H](NC(=O)c1ccc(-c2ccccc2)cc1)C(=O)O. The van der Waals surface area contributed by atoms with Crippen LogP contribution in [0.3, 0.4) is 0 Å². The molecule has 0 saturated carbocycles. The van der Waals surface area contributed by atoms with Crippen molar-refractivity contribution in [1.82, 2.24) is 5.32 Å². The van der Waals surface area contributed by atoms with Crippen molar-refractivity contribution in [3.63, 3.8) is 0 Å². The van der Waals surface area contributed by atoms with Crippen LogP contribution >= 0.6 is 0 Å². The smallest absolute Gasteiger partial charge is 0.326 e. The first-order valence-corrected chi connectivity index (χ1v) is 9.20. The second-order valence-electron chi connectivity index (χ2n) is 6.88.